The SMILES string of the molecule is Clc1nc(C2Cc3ccccc3O2)nc(Cl)c1Br. The summed E-state index contributed by atoms with van der Waals surface area (Å²) in [5.74, 6) is 1.37. The lowest BCUT2D eigenvalue weighted by molar-refractivity contribution is 0.227. The molecule has 3 nitrogen and oxygen atoms in total. The third-order valence-corrected chi connectivity index (χ3v) is 4.48. The van der Waals surface area contributed by atoms with Crippen molar-refractivity contribution >= 4 is 39.1 Å². The molecule has 1 aromatic carbocycles. The van der Waals surface area contributed by atoms with E-state index in [0.29, 0.717) is 20.6 Å². The second-order valence-corrected chi connectivity index (χ2v) is 5.40. The van der Waals surface area contributed by atoms with Gasteiger partial charge in [-0.05, 0) is 27.6 Å². The van der Waals surface area contributed by atoms with Gasteiger partial charge in [-0.25, -0.2) is 9.97 Å². The van der Waals surface area contributed by atoms with Crippen LogP contribution in [-0.2, 0) is 6.42 Å². The molecule has 18 heavy (non-hydrogen) atoms. The van der Waals surface area contributed by atoms with Crippen LogP contribution in [0.15, 0.2) is 28.7 Å². The first-order chi connectivity index (χ1) is 8.65. The number of halogens is 3. The van der Waals surface area contributed by atoms with Crippen LogP contribution in [0.5, 0.6) is 5.75 Å². The highest BCUT2D eigenvalue weighted by Gasteiger charge is 2.27. The summed E-state index contributed by atoms with van der Waals surface area (Å²) >= 11 is 15.2. The largest absolute Gasteiger partial charge is 0.482 e. The Hall–Kier alpha value is -0.840. The van der Waals surface area contributed by atoms with E-state index in [1.165, 1.54) is 0 Å². The average molecular weight is 346 g/mol. The molecule has 0 radical (unpaired) electrons. The Morgan fingerprint density at radius 2 is 1.83 bits per heavy atom. The number of fused-ring (bicyclic) bond motifs is 1. The summed E-state index contributed by atoms with van der Waals surface area (Å²) in [6, 6.07) is 7.87. The van der Waals surface area contributed by atoms with Gasteiger partial charge in [-0.2, -0.15) is 0 Å². The molecule has 0 N–H and O–H groups in total. The minimum Gasteiger partial charge on any atom is -0.482 e. The van der Waals surface area contributed by atoms with Crippen LogP contribution in [-0.4, -0.2) is 9.97 Å². The molecule has 92 valence electrons. The first kappa shape index (κ1) is 12.2. The molecule has 1 aliphatic heterocycles. The normalized spacial score (nSPS) is 17.4. The number of rotatable bonds is 1. The fourth-order valence-corrected chi connectivity index (χ4v) is 2.46. The van der Waals surface area contributed by atoms with E-state index in [1.807, 2.05) is 24.3 Å². The van der Waals surface area contributed by atoms with Crippen LogP contribution >= 0.6 is 39.1 Å². The van der Waals surface area contributed by atoms with Crippen molar-refractivity contribution in [2.24, 2.45) is 0 Å². The summed E-state index contributed by atoms with van der Waals surface area (Å²) in [4.78, 5) is 8.39. The number of ether oxygens (including phenoxy) is 1. The van der Waals surface area contributed by atoms with Gasteiger partial charge in [-0.3, -0.25) is 0 Å². The zero-order valence-corrected chi connectivity index (χ0v) is 12.1. The van der Waals surface area contributed by atoms with Gasteiger partial charge in [0.1, 0.15) is 16.1 Å². The van der Waals surface area contributed by atoms with Gasteiger partial charge < -0.3 is 4.74 Å². The Morgan fingerprint density at radius 1 is 1.17 bits per heavy atom. The second kappa shape index (κ2) is 4.68. The van der Waals surface area contributed by atoms with Crippen molar-refractivity contribution in [3.63, 3.8) is 0 Å². The van der Waals surface area contributed by atoms with E-state index < -0.39 is 0 Å². The van der Waals surface area contributed by atoms with E-state index in [0.717, 1.165) is 17.7 Å². The second-order valence-electron chi connectivity index (χ2n) is 3.90. The van der Waals surface area contributed by atoms with Crippen molar-refractivity contribution in [2.75, 3.05) is 0 Å². The van der Waals surface area contributed by atoms with Crippen LogP contribution < -0.4 is 4.74 Å². The summed E-state index contributed by atoms with van der Waals surface area (Å²) in [5.41, 5.74) is 1.14. The predicted molar refractivity (Wildman–Crippen MR) is 73.3 cm³/mol. The molecule has 1 atom stereocenters. The molecule has 0 aliphatic carbocycles. The van der Waals surface area contributed by atoms with Crippen LogP contribution in [0.4, 0.5) is 0 Å². The molecule has 2 heterocycles. The van der Waals surface area contributed by atoms with Crippen molar-refractivity contribution in [3.05, 3.63) is 50.4 Å². The van der Waals surface area contributed by atoms with Crippen molar-refractivity contribution in [3.8, 4) is 5.75 Å². The van der Waals surface area contributed by atoms with Crippen molar-refractivity contribution < 1.29 is 4.74 Å². The number of hydrogen-bond acceptors (Lipinski definition) is 3. The van der Waals surface area contributed by atoms with Gasteiger partial charge in [0.15, 0.2) is 11.9 Å². The Kier molecular flexibility index (Phi) is 3.18. The molecular formula is C12H7BrCl2N2O. The number of nitrogens with zero attached hydrogens (tertiary/aromatic N) is 2. The van der Waals surface area contributed by atoms with Gasteiger partial charge in [0.05, 0.1) is 4.47 Å². The van der Waals surface area contributed by atoms with E-state index in [9.17, 15) is 0 Å². The Bertz CT molecular complexity index is 573. The molecule has 0 saturated carbocycles. The summed E-state index contributed by atoms with van der Waals surface area (Å²) < 4.78 is 6.29. The Labute approximate surface area is 122 Å². The molecule has 0 amide bonds. The van der Waals surface area contributed by atoms with Gasteiger partial charge in [0.25, 0.3) is 0 Å². The quantitative estimate of drug-likeness (QED) is 0.726. The molecule has 3 rings (SSSR count). The van der Waals surface area contributed by atoms with Gasteiger partial charge in [0, 0.05) is 6.42 Å². The summed E-state index contributed by atoms with van der Waals surface area (Å²) in [6.07, 6.45) is 0.496. The van der Waals surface area contributed by atoms with Crippen LogP contribution in [0.25, 0.3) is 0 Å². The summed E-state index contributed by atoms with van der Waals surface area (Å²) in [7, 11) is 0. The Balaban J connectivity index is 1.95. The van der Waals surface area contributed by atoms with E-state index >= 15 is 0 Å². The lowest BCUT2D eigenvalue weighted by Crippen LogP contribution is -2.09. The highest BCUT2D eigenvalue weighted by Crippen LogP contribution is 2.37. The molecule has 6 heteroatoms. The zero-order valence-electron chi connectivity index (χ0n) is 9.03. The molecule has 2 aromatic rings. The van der Waals surface area contributed by atoms with E-state index in [4.69, 9.17) is 27.9 Å². The molecule has 1 aromatic heterocycles. The third-order valence-electron chi connectivity index (χ3n) is 2.72. The number of hydrogen-bond donors (Lipinski definition) is 0. The zero-order chi connectivity index (χ0) is 12.7. The Morgan fingerprint density at radius 3 is 2.50 bits per heavy atom. The smallest absolute Gasteiger partial charge is 0.172 e. The van der Waals surface area contributed by atoms with Crippen molar-refractivity contribution in [1.82, 2.24) is 9.97 Å². The molecule has 0 spiro atoms. The molecular weight excluding hydrogens is 339 g/mol. The molecule has 0 fully saturated rings. The highest BCUT2D eigenvalue weighted by molar-refractivity contribution is 9.10. The number of benzene rings is 1. The molecule has 1 aliphatic rings. The first-order valence-corrected chi connectivity index (χ1v) is 6.83. The topological polar surface area (TPSA) is 35.0 Å². The molecule has 0 bridgehead atoms. The third kappa shape index (κ3) is 2.09. The minimum atomic E-state index is -0.231. The van der Waals surface area contributed by atoms with Gasteiger partial charge >= 0.3 is 0 Å². The van der Waals surface area contributed by atoms with Gasteiger partial charge in [-0.1, -0.05) is 41.4 Å². The molecule has 0 saturated heterocycles. The van der Waals surface area contributed by atoms with E-state index in [-0.39, 0.29) is 6.10 Å². The van der Waals surface area contributed by atoms with Gasteiger partial charge in [-0.15, -0.1) is 0 Å². The van der Waals surface area contributed by atoms with E-state index in [1.54, 1.807) is 0 Å². The highest BCUT2D eigenvalue weighted by atomic mass is 79.9. The van der Waals surface area contributed by atoms with Crippen LogP contribution in [0.3, 0.4) is 0 Å². The lowest BCUT2D eigenvalue weighted by atomic mass is 10.1. The maximum absolute atomic E-state index is 5.97. The summed E-state index contributed by atoms with van der Waals surface area (Å²) in [5, 5.41) is 0.592. The van der Waals surface area contributed by atoms with E-state index in [2.05, 4.69) is 25.9 Å². The molecule has 1 unspecified atom stereocenters. The van der Waals surface area contributed by atoms with Crippen LogP contribution in [0, 0.1) is 0 Å². The van der Waals surface area contributed by atoms with Crippen LogP contribution in [0.2, 0.25) is 10.3 Å². The minimum absolute atomic E-state index is 0.231. The fraction of sp³-hybridized carbons (Fsp3) is 0.167. The van der Waals surface area contributed by atoms with Crippen molar-refractivity contribution in [1.29, 1.82) is 0 Å². The average Bonchev–Trinajstić information content (AvgIpc) is 2.79. The monoisotopic (exact) mass is 344 g/mol. The first-order valence-electron chi connectivity index (χ1n) is 5.28. The number of para-hydroxylation sites is 1. The number of aromatic nitrogens is 2. The predicted octanol–water partition coefficient (Wildman–Crippen LogP) is 4.22. The maximum Gasteiger partial charge on any atom is 0.172 e. The van der Waals surface area contributed by atoms with Crippen molar-refractivity contribution in [2.45, 2.75) is 12.5 Å². The van der Waals surface area contributed by atoms with Gasteiger partial charge in [0.2, 0.25) is 0 Å². The summed E-state index contributed by atoms with van der Waals surface area (Å²) in [6.45, 7) is 0. The van der Waals surface area contributed by atoms with Crippen LogP contribution in [0.1, 0.15) is 17.5 Å². The fourth-order valence-electron chi connectivity index (χ4n) is 1.88. The lowest BCUT2D eigenvalue weighted by Gasteiger charge is -2.10. The standard InChI is InChI=1S/C12H7BrCl2N2O/c13-9-10(14)16-12(17-11(9)15)8-5-6-3-1-2-4-7(6)18-8/h1-4,8H,5H2. The maximum atomic E-state index is 5.97.